The molecule has 1 N–H and O–H groups in total. The Bertz CT molecular complexity index is 1150. The van der Waals surface area contributed by atoms with Crippen molar-refractivity contribution in [2.24, 2.45) is 5.92 Å². The molecule has 136 valence electrons. The first kappa shape index (κ1) is 16.4. The minimum Gasteiger partial charge on any atom is -0.497 e. The molecule has 1 saturated heterocycles. The van der Waals surface area contributed by atoms with Crippen LogP contribution in [0.3, 0.4) is 0 Å². The molecule has 0 atom stereocenters. The molecular weight excluding hydrogens is 382 g/mol. The van der Waals surface area contributed by atoms with Crippen LogP contribution in [-0.2, 0) is 4.79 Å². The average molecular weight is 397 g/mol. The molecule has 0 spiro atoms. The molecule has 27 heavy (non-hydrogen) atoms. The van der Waals surface area contributed by atoms with Crippen LogP contribution in [0.25, 0.3) is 21.3 Å². The van der Waals surface area contributed by atoms with Crippen LogP contribution in [0.1, 0.15) is 0 Å². The van der Waals surface area contributed by atoms with Crippen molar-refractivity contribution in [2.45, 2.75) is 0 Å². The van der Waals surface area contributed by atoms with Gasteiger partial charge in [-0.05, 0) is 30.3 Å². The summed E-state index contributed by atoms with van der Waals surface area (Å²) in [5.41, 5.74) is 3.22. The van der Waals surface area contributed by atoms with Gasteiger partial charge in [-0.3, -0.25) is 4.79 Å². The highest BCUT2D eigenvalue weighted by molar-refractivity contribution is 7.22. The van der Waals surface area contributed by atoms with E-state index in [0.717, 1.165) is 49.5 Å². The minimum absolute atomic E-state index is 0.00882. The van der Waals surface area contributed by atoms with Crippen LogP contribution in [-0.4, -0.2) is 39.8 Å². The molecule has 4 aromatic rings. The topological polar surface area (TPSA) is 80.2 Å². The number of aromatic nitrogens is 3. The number of benzene rings is 2. The van der Waals surface area contributed by atoms with Gasteiger partial charge in [-0.1, -0.05) is 17.4 Å². The summed E-state index contributed by atoms with van der Waals surface area (Å²) >= 11 is 2.77. The maximum Gasteiger partial charge on any atom is 0.231 e. The lowest BCUT2D eigenvalue weighted by molar-refractivity contribution is -0.120. The zero-order valence-corrected chi connectivity index (χ0v) is 16.0. The number of carbonyl (C=O) groups is 1. The Balaban J connectivity index is 1.27. The first-order chi connectivity index (χ1) is 13.2. The average Bonchev–Trinajstić information content (AvgIpc) is 3.26. The second-order valence-electron chi connectivity index (χ2n) is 6.36. The number of hydrogen-bond acceptors (Lipinski definition) is 8. The third-order valence-corrected chi connectivity index (χ3v) is 6.27. The number of thiazole rings is 1. The normalized spacial score (nSPS) is 14.5. The maximum atomic E-state index is 12.6. The Kier molecular flexibility index (Phi) is 3.91. The second kappa shape index (κ2) is 6.43. The molecule has 7 nitrogen and oxygen atoms in total. The van der Waals surface area contributed by atoms with Gasteiger partial charge < -0.3 is 15.0 Å². The van der Waals surface area contributed by atoms with E-state index >= 15 is 0 Å². The summed E-state index contributed by atoms with van der Waals surface area (Å²) in [6.07, 6.45) is 0. The van der Waals surface area contributed by atoms with E-state index in [-0.39, 0.29) is 11.8 Å². The van der Waals surface area contributed by atoms with E-state index < -0.39 is 0 Å². The first-order valence-corrected chi connectivity index (χ1v) is 9.97. The molecular formula is C18H15N5O2S2. The van der Waals surface area contributed by atoms with Crippen molar-refractivity contribution in [1.82, 2.24) is 13.7 Å². The number of methoxy groups -OCH3 is 1. The van der Waals surface area contributed by atoms with Crippen LogP contribution in [0, 0.1) is 5.92 Å². The van der Waals surface area contributed by atoms with E-state index in [1.165, 1.54) is 0 Å². The van der Waals surface area contributed by atoms with Gasteiger partial charge in [-0.15, -0.1) is 0 Å². The number of carbonyl (C=O) groups excluding carboxylic acids is 1. The largest absolute Gasteiger partial charge is 0.497 e. The van der Waals surface area contributed by atoms with E-state index in [4.69, 9.17) is 4.74 Å². The predicted octanol–water partition coefficient (Wildman–Crippen LogP) is 3.38. The van der Waals surface area contributed by atoms with Crippen LogP contribution >= 0.6 is 23.1 Å². The standard InChI is InChI=1S/C18H15N5O2S2/c1-25-11-5-6-12-15(7-11)26-18(20-12)23-8-10(9-23)17(24)19-13-3-2-4-14-16(13)22-27-21-14/h2-7,10H,8-9H2,1H3,(H,19,24). The molecule has 0 bridgehead atoms. The van der Waals surface area contributed by atoms with E-state index in [9.17, 15) is 4.79 Å². The monoisotopic (exact) mass is 397 g/mol. The molecule has 1 aliphatic rings. The summed E-state index contributed by atoms with van der Waals surface area (Å²) in [6, 6.07) is 11.5. The smallest absolute Gasteiger partial charge is 0.231 e. The fourth-order valence-corrected chi connectivity index (χ4v) is 4.66. The van der Waals surface area contributed by atoms with Crippen molar-refractivity contribution >= 4 is 61.0 Å². The molecule has 0 aliphatic carbocycles. The Morgan fingerprint density at radius 2 is 2.11 bits per heavy atom. The van der Waals surface area contributed by atoms with E-state index in [1.807, 2.05) is 36.4 Å². The van der Waals surface area contributed by atoms with Gasteiger partial charge in [0.1, 0.15) is 16.8 Å². The van der Waals surface area contributed by atoms with Gasteiger partial charge >= 0.3 is 0 Å². The Morgan fingerprint density at radius 3 is 2.96 bits per heavy atom. The molecule has 0 unspecified atom stereocenters. The number of anilines is 2. The summed E-state index contributed by atoms with van der Waals surface area (Å²) in [5.74, 6) is 0.771. The quantitative estimate of drug-likeness (QED) is 0.569. The molecule has 3 heterocycles. The van der Waals surface area contributed by atoms with E-state index in [1.54, 1.807) is 18.4 Å². The molecule has 2 aromatic heterocycles. The molecule has 0 saturated carbocycles. The van der Waals surface area contributed by atoms with E-state index in [0.29, 0.717) is 13.1 Å². The van der Waals surface area contributed by atoms with Gasteiger partial charge in [0, 0.05) is 13.1 Å². The van der Waals surface area contributed by atoms with Gasteiger partial charge in [-0.2, -0.15) is 8.75 Å². The van der Waals surface area contributed by atoms with Crippen molar-refractivity contribution in [3.05, 3.63) is 36.4 Å². The third kappa shape index (κ3) is 2.88. The zero-order chi connectivity index (χ0) is 18.4. The number of fused-ring (bicyclic) bond motifs is 2. The molecule has 9 heteroatoms. The van der Waals surface area contributed by atoms with Crippen molar-refractivity contribution in [3.63, 3.8) is 0 Å². The Labute approximate surface area is 162 Å². The fraction of sp³-hybridized carbons (Fsp3) is 0.222. The number of rotatable bonds is 4. The summed E-state index contributed by atoms with van der Waals surface area (Å²) in [6.45, 7) is 1.32. The van der Waals surface area contributed by atoms with Crippen LogP contribution in [0.5, 0.6) is 5.75 Å². The zero-order valence-electron chi connectivity index (χ0n) is 14.4. The highest BCUT2D eigenvalue weighted by Crippen LogP contribution is 2.35. The summed E-state index contributed by atoms with van der Waals surface area (Å²) in [5, 5.41) is 3.93. The number of ether oxygens (including phenoxy) is 1. The van der Waals surface area contributed by atoms with Crippen molar-refractivity contribution in [1.29, 1.82) is 0 Å². The van der Waals surface area contributed by atoms with Crippen LogP contribution < -0.4 is 15.0 Å². The third-order valence-electron chi connectivity index (χ3n) is 4.65. The Hall–Kier alpha value is -2.78. The van der Waals surface area contributed by atoms with Gasteiger partial charge in [-0.25, -0.2) is 4.98 Å². The summed E-state index contributed by atoms with van der Waals surface area (Å²) in [4.78, 5) is 19.4. The molecule has 0 radical (unpaired) electrons. The van der Waals surface area contributed by atoms with Gasteiger partial charge in [0.15, 0.2) is 5.13 Å². The molecule has 5 rings (SSSR count). The van der Waals surface area contributed by atoms with Crippen LogP contribution in [0.2, 0.25) is 0 Å². The lowest BCUT2D eigenvalue weighted by atomic mass is 10.00. The van der Waals surface area contributed by atoms with E-state index in [2.05, 4.69) is 23.9 Å². The number of nitrogens with one attached hydrogen (secondary N) is 1. The number of nitrogens with zero attached hydrogens (tertiary/aromatic N) is 4. The van der Waals surface area contributed by atoms with Gasteiger partial charge in [0.25, 0.3) is 0 Å². The molecule has 1 fully saturated rings. The second-order valence-corrected chi connectivity index (χ2v) is 7.90. The highest BCUT2D eigenvalue weighted by Gasteiger charge is 2.34. The first-order valence-electron chi connectivity index (χ1n) is 8.43. The molecule has 1 aliphatic heterocycles. The minimum atomic E-state index is -0.0617. The SMILES string of the molecule is COc1ccc2nc(N3CC(C(=O)Nc4cccc5nsnc45)C3)sc2c1. The maximum absolute atomic E-state index is 12.6. The number of hydrogen-bond donors (Lipinski definition) is 1. The molecule has 2 aromatic carbocycles. The summed E-state index contributed by atoms with van der Waals surface area (Å²) < 4.78 is 14.8. The fourth-order valence-electron chi connectivity index (χ4n) is 3.10. The van der Waals surface area contributed by atoms with Crippen molar-refractivity contribution in [3.8, 4) is 5.75 Å². The summed E-state index contributed by atoms with van der Waals surface area (Å²) in [7, 11) is 1.66. The lowest BCUT2D eigenvalue weighted by Crippen LogP contribution is -2.52. The lowest BCUT2D eigenvalue weighted by Gasteiger charge is -2.37. The van der Waals surface area contributed by atoms with Gasteiger partial charge in [0.05, 0.1) is 40.7 Å². The van der Waals surface area contributed by atoms with Crippen molar-refractivity contribution in [2.75, 3.05) is 30.4 Å². The Morgan fingerprint density at radius 1 is 1.22 bits per heavy atom. The molecule has 1 amide bonds. The van der Waals surface area contributed by atoms with Crippen LogP contribution in [0.4, 0.5) is 10.8 Å². The number of amides is 1. The van der Waals surface area contributed by atoms with Crippen molar-refractivity contribution < 1.29 is 9.53 Å². The predicted molar refractivity (Wildman–Crippen MR) is 108 cm³/mol. The highest BCUT2D eigenvalue weighted by atomic mass is 32.1. The van der Waals surface area contributed by atoms with Crippen LogP contribution in [0.15, 0.2) is 36.4 Å². The van der Waals surface area contributed by atoms with Gasteiger partial charge in [0.2, 0.25) is 5.91 Å².